The van der Waals surface area contributed by atoms with Gasteiger partial charge in [-0.2, -0.15) is 0 Å². The maximum absolute atomic E-state index is 12.5. The summed E-state index contributed by atoms with van der Waals surface area (Å²) in [7, 11) is 2.00. The number of hydrogen-bond donors (Lipinski definition) is 3. The fourth-order valence-electron chi connectivity index (χ4n) is 3.24. The number of aryl methyl sites for hydroxylation is 4. The van der Waals surface area contributed by atoms with E-state index in [9.17, 15) is 9.59 Å². The van der Waals surface area contributed by atoms with E-state index in [1.807, 2.05) is 46.0 Å². The number of hydrogen-bond acceptors (Lipinski definition) is 2. The predicted octanol–water partition coefficient (Wildman–Crippen LogP) is 2.08. The Balaban J connectivity index is 1.88. The SMILES string of the molecule is Cc1ccc(C[NH+](C)[C@H](C)C(=O)NCC(=O)Nc2c(C)cccc2C)c(C)c1. The summed E-state index contributed by atoms with van der Waals surface area (Å²) in [5, 5.41) is 5.65. The molecule has 3 N–H and O–H groups in total. The Labute approximate surface area is 168 Å². The lowest BCUT2D eigenvalue weighted by Crippen LogP contribution is -3.12. The third-order valence-corrected chi connectivity index (χ3v) is 5.27. The molecule has 0 spiro atoms. The Morgan fingerprint density at radius 1 is 1.00 bits per heavy atom. The first-order valence-electron chi connectivity index (χ1n) is 9.71. The van der Waals surface area contributed by atoms with E-state index in [2.05, 4.69) is 42.7 Å². The van der Waals surface area contributed by atoms with E-state index >= 15 is 0 Å². The number of benzene rings is 2. The van der Waals surface area contributed by atoms with E-state index in [0.29, 0.717) is 0 Å². The summed E-state index contributed by atoms with van der Waals surface area (Å²) < 4.78 is 0. The summed E-state index contributed by atoms with van der Waals surface area (Å²) in [6, 6.07) is 12.0. The van der Waals surface area contributed by atoms with Crippen LogP contribution in [0.3, 0.4) is 0 Å². The molecule has 0 bridgehead atoms. The van der Waals surface area contributed by atoms with Crippen LogP contribution in [0.25, 0.3) is 0 Å². The van der Waals surface area contributed by atoms with E-state index in [0.717, 1.165) is 28.3 Å². The Bertz CT molecular complexity index is 841. The van der Waals surface area contributed by atoms with Crippen molar-refractivity contribution in [3.8, 4) is 0 Å². The normalized spacial score (nSPS) is 12.9. The summed E-state index contributed by atoms with van der Waals surface area (Å²) in [6.07, 6.45) is 0. The number of likely N-dealkylation sites (N-methyl/N-ethyl adjacent to an activating group) is 1. The number of quaternary nitrogens is 1. The monoisotopic (exact) mass is 382 g/mol. The molecule has 150 valence electrons. The van der Waals surface area contributed by atoms with Crippen LogP contribution in [0.1, 0.15) is 34.7 Å². The van der Waals surface area contributed by atoms with Gasteiger partial charge in [-0.1, -0.05) is 42.0 Å². The highest BCUT2D eigenvalue weighted by Crippen LogP contribution is 2.18. The number of amides is 2. The number of nitrogens with one attached hydrogen (secondary N) is 3. The molecule has 2 amide bonds. The van der Waals surface area contributed by atoms with Crippen molar-refractivity contribution in [2.75, 3.05) is 18.9 Å². The van der Waals surface area contributed by atoms with E-state index in [-0.39, 0.29) is 24.4 Å². The molecule has 0 aliphatic heterocycles. The zero-order chi connectivity index (χ0) is 20.8. The molecule has 5 nitrogen and oxygen atoms in total. The first kappa shape index (κ1) is 21.6. The van der Waals surface area contributed by atoms with E-state index < -0.39 is 0 Å². The third-order valence-electron chi connectivity index (χ3n) is 5.27. The molecule has 0 fully saturated rings. The van der Waals surface area contributed by atoms with Gasteiger partial charge in [0.25, 0.3) is 5.91 Å². The summed E-state index contributed by atoms with van der Waals surface area (Å²) in [5.74, 6) is -0.344. The lowest BCUT2D eigenvalue weighted by Gasteiger charge is -2.22. The van der Waals surface area contributed by atoms with Crippen LogP contribution in [0.4, 0.5) is 5.69 Å². The molecule has 2 aromatic rings. The minimum atomic E-state index is -0.256. The van der Waals surface area contributed by atoms with E-state index in [4.69, 9.17) is 0 Å². The maximum Gasteiger partial charge on any atom is 0.278 e. The summed E-state index contributed by atoms with van der Waals surface area (Å²) >= 11 is 0. The average molecular weight is 383 g/mol. The molecule has 0 saturated carbocycles. The van der Waals surface area contributed by atoms with Gasteiger partial charge in [0, 0.05) is 11.3 Å². The van der Waals surface area contributed by atoms with Crippen molar-refractivity contribution in [3.63, 3.8) is 0 Å². The van der Waals surface area contributed by atoms with Crippen molar-refractivity contribution in [2.24, 2.45) is 0 Å². The molecule has 0 aliphatic rings. The van der Waals surface area contributed by atoms with E-state index in [1.165, 1.54) is 16.7 Å². The van der Waals surface area contributed by atoms with Crippen LogP contribution in [0, 0.1) is 27.7 Å². The van der Waals surface area contributed by atoms with Gasteiger partial charge < -0.3 is 15.5 Å². The first-order valence-corrected chi connectivity index (χ1v) is 9.71. The van der Waals surface area contributed by atoms with Crippen LogP contribution >= 0.6 is 0 Å². The summed E-state index contributed by atoms with van der Waals surface area (Å²) in [5.41, 5.74) is 6.53. The zero-order valence-corrected chi connectivity index (χ0v) is 17.8. The van der Waals surface area contributed by atoms with Crippen LogP contribution < -0.4 is 15.5 Å². The highest BCUT2D eigenvalue weighted by molar-refractivity contribution is 5.96. The van der Waals surface area contributed by atoms with Gasteiger partial charge in [-0.3, -0.25) is 9.59 Å². The third kappa shape index (κ3) is 5.67. The maximum atomic E-state index is 12.5. The average Bonchev–Trinajstić information content (AvgIpc) is 2.64. The number of para-hydroxylation sites is 1. The Hall–Kier alpha value is -2.66. The van der Waals surface area contributed by atoms with Crippen LogP contribution in [0.5, 0.6) is 0 Å². The largest absolute Gasteiger partial charge is 0.342 e. The van der Waals surface area contributed by atoms with Crippen LogP contribution in [0.15, 0.2) is 36.4 Å². The van der Waals surface area contributed by atoms with Gasteiger partial charge in [-0.15, -0.1) is 0 Å². The molecule has 0 aliphatic carbocycles. The molecule has 2 rings (SSSR count). The fraction of sp³-hybridized carbons (Fsp3) is 0.391. The van der Waals surface area contributed by atoms with Crippen molar-refractivity contribution in [2.45, 2.75) is 47.2 Å². The molecule has 2 aromatic carbocycles. The molecular formula is C23H32N3O2+. The molecule has 0 aromatic heterocycles. The zero-order valence-electron chi connectivity index (χ0n) is 17.8. The molecule has 0 heterocycles. The Kier molecular flexibility index (Phi) is 7.35. The molecule has 0 radical (unpaired) electrons. The highest BCUT2D eigenvalue weighted by Gasteiger charge is 2.23. The fourth-order valence-corrected chi connectivity index (χ4v) is 3.24. The predicted molar refractivity (Wildman–Crippen MR) is 114 cm³/mol. The number of carbonyl (C=O) groups excluding carboxylic acids is 2. The highest BCUT2D eigenvalue weighted by atomic mass is 16.2. The molecule has 5 heteroatoms. The second-order valence-electron chi connectivity index (χ2n) is 7.71. The van der Waals surface area contributed by atoms with Gasteiger partial charge in [0.15, 0.2) is 6.04 Å². The lowest BCUT2D eigenvalue weighted by atomic mass is 10.0. The van der Waals surface area contributed by atoms with Gasteiger partial charge in [-0.05, 0) is 51.3 Å². The topological polar surface area (TPSA) is 62.6 Å². The number of rotatable bonds is 7. The minimum Gasteiger partial charge on any atom is -0.342 e. The lowest BCUT2D eigenvalue weighted by molar-refractivity contribution is -0.908. The van der Waals surface area contributed by atoms with Gasteiger partial charge in [0.1, 0.15) is 6.54 Å². The van der Waals surface area contributed by atoms with Crippen molar-refractivity contribution in [3.05, 3.63) is 64.2 Å². The number of anilines is 1. The molecule has 2 atom stereocenters. The molecule has 28 heavy (non-hydrogen) atoms. The minimum absolute atomic E-state index is 0.0339. The van der Waals surface area contributed by atoms with Crippen LogP contribution in [-0.4, -0.2) is 31.4 Å². The van der Waals surface area contributed by atoms with Crippen LogP contribution in [-0.2, 0) is 16.1 Å². The van der Waals surface area contributed by atoms with Gasteiger partial charge in [-0.25, -0.2) is 0 Å². The first-order chi connectivity index (χ1) is 13.2. The van der Waals surface area contributed by atoms with Crippen molar-refractivity contribution in [1.82, 2.24) is 5.32 Å². The van der Waals surface area contributed by atoms with Gasteiger partial charge in [0.05, 0.1) is 13.6 Å². The molecule has 0 saturated heterocycles. The molecular weight excluding hydrogens is 350 g/mol. The Morgan fingerprint density at radius 3 is 2.25 bits per heavy atom. The summed E-state index contributed by atoms with van der Waals surface area (Å²) in [6.45, 7) is 10.7. The second kappa shape index (κ2) is 9.51. The van der Waals surface area contributed by atoms with E-state index in [1.54, 1.807) is 0 Å². The van der Waals surface area contributed by atoms with Gasteiger partial charge in [0.2, 0.25) is 5.91 Å². The second-order valence-corrected chi connectivity index (χ2v) is 7.71. The molecule has 1 unspecified atom stereocenters. The standard InChI is InChI=1S/C23H31N3O2/c1-15-10-11-20(18(4)12-15)14-26(6)19(5)23(28)24-13-21(27)25-22-16(2)8-7-9-17(22)3/h7-12,19H,13-14H2,1-6H3,(H,24,28)(H,25,27)/p+1/t19-/m1/s1. The van der Waals surface area contributed by atoms with Gasteiger partial charge >= 0.3 is 0 Å². The Morgan fingerprint density at radius 2 is 1.64 bits per heavy atom. The van der Waals surface area contributed by atoms with Crippen molar-refractivity contribution < 1.29 is 14.5 Å². The van der Waals surface area contributed by atoms with Crippen molar-refractivity contribution in [1.29, 1.82) is 0 Å². The van der Waals surface area contributed by atoms with Crippen LogP contribution in [0.2, 0.25) is 0 Å². The quantitative estimate of drug-likeness (QED) is 0.687. The smallest absolute Gasteiger partial charge is 0.278 e. The summed E-state index contributed by atoms with van der Waals surface area (Å²) in [4.78, 5) is 25.8. The number of carbonyl (C=O) groups is 2. The van der Waals surface area contributed by atoms with Crippen molar-refractivity contribution >= 4 is 17.5 Å².